The second-order valence-electron chi connectivity index (χ2n) is 6.62. The standard InChI is InChI=1S/C22H16N4O2S/c1-28-16-6-7-18-17(11-16)22(26-21(25-18)14-3-2-8-23-12-14)24-15-5-4-13-9-20(27)29-19(13)10-15/h2-8,10-12H,9H2,1H3,(H,24,25,26). The number of anilines is 2. The van der Waals surface area contributed by atoms with Crippen LogP contribution in [0.25, 0.3) is 22.3 Å². The number of fused-ring (bicyclic) bond motifs is 2. The summed E-state index contributed by atoms with van der Waals surface area (Å²) in [4.78, 5) is 26.3. The number of methoxy groups -OCH3 is 1. The number of benzene rings is 2. The van der Waals surface area contributed by atoms with E-state index in [1.807, 2.05) is 48.5 Å². The van der Waals surface area contributed by atoms with E-state index in [1.54, 1.807) is 19.5 Å². The molecule has 29 heavy (non-hydrogen) atoms. The molecule has 0 saturated heterocycles. The number of carbonyl (C=O) groups is 1. The summed E-state index contributed by atoms with van der Waals surface area (Å²) in [6.45, 7) is 0. The normalized spacial score (nSPS) is 12.8. The van der Waals surface area contributed by atoms with E-state index in [0.717, 1.165) is 38.4 Å². The van der Waals surface area contributed by atoms with E-state index in [1.165, 1.54) is 11.8 Å². The van der Waals surface area contributed by atoms with E-state index in [9.17, 15) is 4.79 Å². The first-order chi connectivity index (χ1) is 14.2. The first kappa shape index (κ1) is 17.6. The van der Waals surface area contributed by atoms with Crippen LogP contribution in [0.15, 0.2) is 65.8 Å². The number of thioether (sulfide) groups is 1. The number of nitrogens with zero attached hydrogens (tertiary/aromatic N) is 3. The van der Waals surface area contributed by atoms with Crippen molar-refractivity contribution in [2.75, 3.05) is 12.4 Å². The predicted octanol–water partition coefficient (Wildman–Crippen LogP) is 4.62. The maximum atomic E-state index is 11.7. The van der Waals surface area contributed by atoms with Crippen molar-refractivity contribution < 1.29 is 9.53 Å². The molecule has 0 spiro atoms. The minimum Gasteiger partial charge on any atom is -0.497 e. The molecule has 0 unspecified atom stereocenters. The highest BCUT2D eigenvalue weighted by molar-refractivity contribution is 8.14. The fraction of sp³-hybridized carbons (Fsp3) is 0.0909. The molecule has 1 N–H and O–H groups in total. The first-order valence-electron chi connectivity index (χ1n) is 9.06. The molecule has 0 aliphatic carbocycles. The van der Waals surface area contributed by atoms with Gasteiger partial charge in [-0.1, -0.05) is 17.8 Å². The van der Waals surface area contributed by atoms with Crippen LogP contribution in [0.3, 0.4) is 0 Å². The number of hydrogen-bond acceptors (Lipinski definition) is 7. The Kier molecular flexibility index (Phi) is 4.37. The lowest BCUT2D eigenvalue weighted by Gasteiger charge is -2.12. The second-order valence-corrected chi connectivity index (χ2v) is 7.72. The van der Waals surface area contributed by atoms with Crippen molar-refractivity contribution in [1.29, 1.82) is 0 Å². The van der Waals surface area contributed by atoms with Gasteiger partial charge < -0.3 is 10.1 Å². The molecule has 1 aliphatic rings. The Morgan fingerprint density at radius 1 is 1.10 bits per heavy atom. The number of pyridine rings is 1. The summed E-state index contributed by atoms with van der Waals surface area (Å²) in [6.07, 6.45) is 3.95. The van der Waals surface area contributed by atoms with Crippen molar-refractivity contribution in [2.45, 2.75) is 11.3 Å². The predicted molar refractivity (Wildman–Crippen MR) is 114 cm³/mol. The van der Waals surface area contributed by atoms with Gasteiger partial charge in [0.15, 0.2) is 10.9 Å². The fourth-order valence-electron chi connectivity index (χ4n) is 3.28. The summed E-state index contributed by atoms with van der Waals surface area (Å²) in [7, 11) is 1.63. The van der Waals surface area contributed by atoms with Crippen LogP contribution in [-0.4, -0.2) is 27.2 Å². The summed E-state index contributed by atoms with van der Waals surface area (Å²) in [6, 6.07) is 15.4. The van der Waals surface area contributed by atoms with Gasteiger partial charge >= 0.3 is 0 Å². The third-order valence-corrected chi connectivity index (χ3v) is 5.68. The second kappa shape index (κ2) is 7.18. The number of hydrogen-bond donors (Lipinski definition) is 1. The van der Waals surface area contributed by atoms with Crippen LogP contribution in [0.4, 0.5) is 11.5 Å². The van der Waals surface area contributed by atoms with Gasteiger partial charge in [-0.15, -0.1) is 0 Å². The van der Waals surface area contributed by atoms with Crippen LogP contribution < -0.4 is 10.1 Å². The number of rotatable bonds is 4. The van der Waals surface area contributed by atoms with E-state index < -0.39 is 0 Å². The highest BCUT2D eigenvalue weighted by atomic mass is 32.2. The quantitative estimate of drug-likeness (QED) is 0.536. The molecule has 0 fully saturated rings. The lowest BCUT2D eigenvalue weighted by molar-refractivity contribution is -0.110. The molecule has 2 aromatic carbocycles. The minimum absolute atomic E-state index is 0.174. The molecule has 0 amide bonds. The molecule has 1 aliphatic heterocycles. The van der Waals surface area contributed by atoms with Gasteiger partial charge in [-0.25, -0.2) is 9.97 Å². The van der Waals surface area contributed by atoms with E-state index in [2.05, 4.69) is 10.3 Å². The number of nitrogens with one attached hydrogen (secondary N) is 1. The smallest absolute Gasteiger partial charge is 0.198 e. The van der Waals surface area contributed by atoms with E-state index in [4.69, 9.17) is 14.7 Å². The monoisotopic (exact) mass is 400 g/mol. The largest absolute Gasteiger partial charge is 0.497 e. The van der Waals surface area contributed by atoms with Crippen molar-refractivity contribution in [2.24, 2.45) is 0 Å². The van der Waals surface area contributed by atoms with Gasteiger partial charge in [0.2, 0.25) is 0 Å². The Labute approximate surface area is 171 Å². The molecular formula is C22H16N4O2S. The van der Waals surface area contributed by atoms with Crippen molar-refractivity contribution in [3.05, 3.63) is 66.5 Å². The van der Waals surface area contributed by atoms with Gasteiger partial charge in [0, 0.05) is 40.3 Å². The maximum Gasteiger partial charge on any atom is 0.198 e. The molecule has 4 aromatic rings. The molecule has 2 aromatic heterocycles. The van der Waals surface area contributed by atoms with Gasteiger partial charge in [-0.05, 0) is 48.0 Å². The number of aromatic nitrogens is 3. The Morgan fingerprint density at radius 2 is 2.03 bits per heavy atom. The van der Waals surface area contributed by atoms with Gasteiger partial charge in [0.1, 0.15) is 11.6 Å². The zero-order valence-electron chi connectivity index (χ0n) is 15.5. The van der Waals surface area contributed by atoms with Gasteiger partial charge in [0.25, 0.3) is 0 Å². The molecule has 0 atom stereocenters. The summed E-state index contributed by atoms with van der Waals surface area (Å²) < 4.78 is 5.38. The summed E-state index contributed by atoms with van der Waals surface area (Å²) in [5.74, 6) is 1.99. The van der Waals surface area contributed by atoms with Crippen molar-refractivity contribution in [3.8, 4) is 17.1 Å². The SMILES string of the molecule is COc1ccc2nc(-c3cccnc3)nc(Nc3ccc4c(c3)SC(=O)C4)c2c1. The van der Waals surface area contributed by atoms with E-state index >= 15 is 0 Å². The highest BCUT2D eigenvalue weighted by Crippen LogP contribution is 2.36. The molecule has 0 bridgehead atoms. The Morgan fingerprint density at radius 3 is 2.86 bits per heavy atom. The maximum absolute atomic E-state index is 11.7. The van der Waals surface area contributed by atoms with Gasteiger partial charge in [-0.3, -0.25) is 9.78 Å². The molecule has 6 nitrogen and oxygen atoms in total. The summed E-state index contributed by atoms with van der Waals surface area (Å²) >= 11 is 1.29. The molecule has 5 rings (SSSR count). The van der Waals surface area contributed by atoms with Crippen molar-refractivity contribution >= 4 is 39.3 Å². The van der Waals surface area contributed by atoms with Gasteiger partial charge in [0.05, 0.1) is 12.6 Å². The van der Waals surface area contributed by atoms with Crippen LogP contribution in [0.5, 0.6) is 5.75 Å². The topological polar surface area (TPSA) is 77.0 Å². The van der Waals surface area contributed by atoms with E-state index in [0.29, 0.717) is 18.1 Å². The van der Waals surface area contributed by atoms with Crippen molar-refractivity contribution in [1.82, 2.24) is 15.0 Å². The summed E-state index contributed by atoms with van der Waals surface area (Å²) in [5.41, 5.74) is 3.57. The van der Waals surface area contributed by atoms with Crippen LogP contribution in [0.1, 0.15) is 5.56 Å². The Balaban J connectivity index is 1.62. The molecule has 0 radical (unpaired) electrons. The molecular weight excluding hydrogens is 384 g/mol. The highest BCUT2D eigenvalue weighted by Gasteiger charge is 2.20. The molecule has 142 valence electrons. The van der Waals surface area contributed by atoms with Gasteiger partial charge in [-0.2, -0.15) is 0 Å². The Hall–Kier alpha value is -3.45. The number of carbonyl (C=O) groups excluding carboxylic acids is 1. The third kappa shape index (κ3) is 3.40. The fourth-order valence-corrected chi connectivity index (χ4v) is 4.21. The Bertz CT molecular complexity index is 1240. The van der Waals surface area contributed by atoms with Crippen LogP contribution in [-0.2, 0) is 11.2 Å². The van der Waals surface area contributed by atoms with E-state index in [-0.39, 0.29) is 5.12 Å². The minimum atomic E-state index is 0.174. The van der Waals surface area contributed by atoms with Crippen molar-refractivity contribution in [3.63, 3.8) is 0 Å². The molecule has 3 heterocycles. The number of ether oxygens (including phenoxy) is 1. The lowest BCUT2D eigenvalue weighted by Crippen LogP contribution is -2.00. The third-order valence-electron chi connectivity index (χ3n) is 4.71. The lowest BCUT2D eigenvalue weighted by atomic mass is 10.1. The van der Waals surface area contributed by atoms with Crippen LogP contribution in [0.2, 0.25) is 0 Å². The van der Waals surface area contributed by atoms with Crippen LogP contribution in [0, 0.1) is 0 Å². The van der Waals surface area contributed by atoms with Crippen LogP contribution >= 0.6 is 11.8 Å². The molecule has 0 saturated carbocycles. The zero-order valence-corrected chi connectivity index (χ0v) is 16.4. The zero-order chi connectivity index (χ0) is 19.8. The average molecular weight is 400 g/mol. The summed E-state index contributed by atoms with van der Waals surface area (Å²) in [5, 5.41) is 4.42. The molecule has 7 heteroatoms. The first-order valence-corrected chi connectivity index (χ1v) is 9.88. The average Bonchev–Trinajstić information content (AvgIpc) is 3.13.